The zero-order valence-corrected chi connectivity index (χ0v) is 8.56. The second kappa shape index (κ2) is 5.60. The number of alkyl halides is 1. The van der Waals surface area contributed by atoms with Crippen LogP contribution in [-0.2, 0) is 0 Å². The van der Waals surface area contributed by atoms with Crippen LogP contribution in [0.4, 0.5) is 0 Å². The lowest BCUT2D eigenvalue weighted by atomic mass is 10.2. The lowest BCUT2D eigenvalue weighted by Crippen LogP contribution is -2.28. The molecule has 1 atom stereocenters. The van der Waals surface area contributed by atoms with Crippen LogP contribution in [0.15, 0.2) is 12.2 Å². The second-order valence-corrected chi connectivity index (χ2v) is 3.63. The quantitative estimate of drug-likeness (QED) is 0.483. The third-order valence-electron chi connectivity index (χ3n) is 2.57. The van der Waals surface area contributed by atoms with Crippen LogP contribution in [0.2, 0.25) is 0 Å². The summed E-state index contributed by atoms with van der Waals surface area (Å²) in [5.41, 5.74) is 0. The summed E-state index contributed by atoms with van der Waals surface area (Å²) in [6.45, 7) is 4.63. The van der Waals surface area contributed by atoms with Crippen LogP contribution in [0.5, 0.6) is 0 Å². The average Bonchev–Trinajstić information content (AvgIpc) is 2.52. The fourth-order valence-electron chi connectivity index (χ4n) is 1.87. The molecule has 12 heavy (non-hydrogen) atoms. The van der Waals surface area contributed by atoms with E-state index in [9.17, 15) is 0 Å². The largest absolute Gasteiger partial charge is 0.297 e. The average molecular weight is 188 g/mol. The molecule has 0 aromatic carbocycles. The summed E-state index contributed by atoms with van der Waals surface area (Å²) in [4.78, 5) is 2.54. The molecule has 0 bridgehead atoms. The molecular formula is C10H18ClN. The van der Waals surface area contributed by atoms with Crippen LogP contribution in [0, 0.1) is 0 Å². The van der Waals surface area contributed by atoms with E-state index in [-0.39, 0.29) is 0 Å². The van der Waals surface area contributed by atoms with Gasteiger partial charge in [-0.3, -0.25) is 4.90 Å². The van der Waals surface area contributed by atoms with Gasteiger partial charge in [0.2, 0.25) is 0 Å². The van der Waals surface area contributed by atoms with Crippen LogP contribution in [0.25, 0.3) is 0 Å². The number of nitrogens with zero attached hydrogens (tertiary/aromatic N) is 1. The zero-order chi connectivity index (χ0) is 8.81. The van der Waals surface area contributed by atoms with Gasteiger partial charge in [0, 0.05) is 18.5 Å². The fourth-order valence-corrected chi connectivity index (χ4v) is 2.00. The molecule has 0 amide bonds. The molecule has 0 saturated carbocycles. The molecule has 70 valence electrons. The first-order valence-electron chi connectivity index (χ1n) is 4.83. The molecule has 1 saturated heterocycles. The first-order valence-corrected chi connectivity index (χ1v) is 5.37. The molecule has 2 heteroatoms. The number of allylic oxidation sites excluding steroid dienone is 1. The minimum absolute atomic E-state index is 0.643. The molecule has 1 unspecified atom stereocenters. The molecule has 0 spiro atoms. The van der Waals surface area contributed by atoms with Crippen molar-refractivity contribution < 1.29 is 0 Å². The van der Waals surface area contributed by atoms with Crippen molar-refractivity contribution in [2.24, 2.45) is 0 Å². The van der Waals surface area contributed by atoms with Gasteiger partial charge in [0.25, 0.3) is 0 Å². The van der Waals surface area contributed by atoms with Crippen molar-refractivity contribution in [3.8, 4) is 0 Å². The van der Waals surface area contributed by atoms with Crippen molar-refractivity contribution in [3.63, 3.8) is 0 Å². The maximum absolute atomic E-state index is 5.55. The summed E-state index contributed by atoms with van der Waals surface area (Å²) >= 11 is 5.55. The van der Waals surface area contributed by atoms with Crippen LogP contribution >= 0.6 is 11.6 Å². The Hall–Kier alpha value is -0.0100. The molecule has 0 aliphatic carbocycles. The Kier molecular flexibility index (Phi) is 4.70. The maximum Gasteiger partial charge on any atom is 0.0404 e. The van der Waals surface area contributed by atoms with Gasteiger partial charge < -0.3 is 0 Å². The zero-order valence-electron chi connectivity index (χ0n) is 7.80. The maximum atomic E-state index is 5.55. The minimum Gasteiger partial charge on any atom is -0.297 e. The van der Waals surface area contributed by atoms with Crippen LogP contribution in [0.3, 0.4) is 0 Å². The molecule has 1 fully saturated rings. The summed E-state index contributed by atoms with van der Waals surface area (Å²) in [6.07, 6.45) is 8.25. The Labute approximate surface area is 80.4 Å². The fraction of sp³-hybridized carbons (Fsp3) is 0.800. The van der Waals surface area contributed by atoms with Crippen LogP contribution in [0.1, 0.15) is 26.2 Å². The van der Waals surface area contributed by atoms with E-state index in [1.807, 2.05) is 6.08 Å². The molecule has 0 aromatic rings. The van der Waals surface area contributed by atoms with Gasteiger partial charge in [0.1, 0.15) is 0 Å². The minimum atomic E-state index is 0.643. The molecule has 1 aliphatic rings. The predicted octanol–water partition coefficient (Wildman–Crippen LogP) is 2.66. The highest BCUT2D eigenvalue weighted by molar-refractivity contribution is 6.18. The molecule has 1 aliphatic heterocycles. The van der Waals surface area contributed by atoms with Gasteiger partial charge in [-0.15, -0.1) is 11.6 Å². The van der Waals surface area contributed by atoms with E-state index in [2.05, 4.69) is 17.9 Å². The van der Waals surface area contributed by atoms with Gasteiger partial charge in [0.05, 0.1) is 0 Å². The first-order chi connectivity index (χ1) is 5.88. The van der Waals surface area contributed by atoms with Gasteiger partial charge in [-0.2, -0.15) is 0 Å². The summed E-state index contributed by atoms with van der Waals surface area (Å²) in [6, 6.07) is 0.824. The molecule has 1 heterocycles. The van der Waals surface area contributed by atoms with E-state index in [1.54, 1.807) is 0 Å². The van der Waals surface area contributed by atoms with Crippen molar-refractivity contribution in [1.82, 2.24) is 4.90 Å². The Morgan fingerprint density at radius 3 is 3.00 bits per heavy atom. The predicted molar refractivity (Wildman–Crippen MR) is 54.7 cm³/mol. The standard InChI is InChI=1S/C10H18ClN/c1-2-10-6-5-9-12(10)8-4-3-7-11/h3-4,10H,2,5-9H2,1H3. The lowest BCUT2D eigenvalue weighted by Gasteiger charge is -2.21. The Morgan fingerprint density at radius 2 is 2.33 bits per heavy atom. The van der Waals surface area contributed by atoms with Crippen molar-refractivity contribution >= 4 is 11.6 Å². The molecule has 1 rings (SSSR count). The van der Waals surface area contributed by atoms with E-state index in [0.29, 0.717) is 5.88 Å². The summed E-state index contributed by atoms with van der Waals surface area (Å²) in [5, 5.41) is 0. The SMILES string of the molecule is CCC1CCCN1CC=CCCl. The van der Waals surface area contributed by atoms with Crippen molar-refractivity contribution in [3.05, 3.63) is 12.2 Å². The number of halogens is 1. The van der Waals surface area contributed by atoms with E-state index in [0.717, 1.165) is 12.6 Å². The van der Waals surface area contributed by atoms with Crippen molar-refractivity contribution in [1.29, 1.82) is 0 Å². The Bertz CT molecular complexity index is 145. The van der Waals surface area contributed by atoms with Gasteiger partial charge in [-0.05, 0) is 25.8 Å². The third kappa shape index (κ3) is 2.80. The highest BCUT2D eigenvalue weighted by Gasteiger charge is 2.20. The molecule has 0 aromatic heterocycles. The number of rotatable bonds is 4. The highest BCUT2D eigenvalue weighted by atomic mass is 35.5. The number of likely N-dealkylation sites (tertiary alicyclic amines) is 1. The summed E-state index contributed by atoms with van der Waals surface area (Å²) in [7, 11) is 0. The molecule has 0 radical (unpaired) electrons. The molecular weight excluding hydrogens is 170 g/mol. The van der Waals surface area contributed by atoms with Crippen LogP contribution in [-0.4, -0.2) is 29.9 Å². The number of hydrogen-bond acceptors (Lipinski definition) is 1. The third-order valence-corrected chi connectivity index (χ3v) is 2.74. The van der Waals surface area contributed by atoms with Gasteiger partial charge >= 0.3 is 0 Å². The van der Waals surface area contributed by atoms with Crippen molar-refractivity contribution in [2.75, 3.05) is 19.0 Å². The van der Waals surface area contributed by atoms with E-state index >= 15 is 0 Å². The first kappa shape index (κ1) is 10.1. The van der Waals surface area contributed by atoms with Gasteiger partial charge in [-0.1, -0.05) is 19.1 Å². The highest BCUT2D eigenvalue weighted by Crippen LogP contribution is 2.18. The second-order valence-electron chi connectivity index (χ2n) is 3.32. The molecule has 1 nitrogen and oxygen atoms in total. The van der Waals surface area contributed by atoms with E-state index < -0.39 is 0 Å². The van der Waals surface area contributed by atoms with Crippen molar-refractivity contribution in [2.45, 2.75) is 32.2 Å². The number of hydrogen-bond donors (Lipinski definition) is 0. The monoisotopic (exact) mass is 187 g/mol. The van der Waals surface area contributed by atoms with E-state index in [1.165, 1.54) is 25.8 Å². The van der Waals surface area contributed by atoms with E-state index in [4.69, 9.17) is 11.6 Å². The smallest absolute Gasteiger partial charge is 0.0404 e. The van der Waals surface area contributed by atoms with Gasteiger partial charge in [0.15, 0.2) is 0 Å². The van der Waals surface area contributed by atoms with Crippen LogP contribution < -0.4 is 0 Å². The summed E-state index contributed by atoms with van der Waals surface area (Å²) < 4.78 is 0. The Balaban J connectivity index is 2.25. The normalized spacial score (nSPS) is 25.7. The summed E-state index contributed by atoms with van der Waals surface area (Å²) in [5.74, 6) is 0.643. The van der Waals surface area contributed by atoms with Gasteiger partial charge in [-0.25, -0.2) is 0 Å². The molecule has 0 N–H and O–H groups in total. The Morgan fingerprint density at radius 1 is 1.50 bits per heavy atom. The topological polar surface area (TPSA) is 3.24 Å². The lowest BCUT2D eigenvalue weighted by molar-refractivity contribution is 0.274.